The maximum Gasteiger partial charge on any atom is 0.264 e. The molecule has 4 nitrogen and oxygen atoms in total. The van der Waals surface area contributed by atoms with Crippen LogP contribution in [0, 0.1) is 0 Å². The van der Waals surface area contributed by atoms with E-state index < -0.39 is 0 Å². The lowest BCUT2D eigenvalue weighted by Crippen LogP contribution is -2.20. The van der Waals surface area contributed by atoms with Gasteiger partial charge in [0.25, 0.3) is 5.91 Å². The van der Waals surface area contributed by atoms with Gasteiger partial charge in [0, 0.05) is 11.6 Å². The third-order valence-electron chi connectivity index (χ3n) is 1.87. The molecule has 2 aromatic rings. The summed E-state index contributed by atoms with van der Waals surface area (Å²) in [5, 5.41) is 5.01. The Bertz CT molecular complexity index is 502. The molecule has 6 heteroatoms. The van der Waals surface area contributed by atoms with Crippen LogP contribution in [0.4, 0.5) is 5.13 Å². The van der Waals surface area contributed by atoms with Crippen molar-refractivity contribution in [3.05, 3.63) is 40.3 Å². The summed E-state index contributed by atoms with van der Waals surface area (Å²) in [6.45, 7) is -0.0395. The van der Waals surface area contributed by atoms with Gasteiger partial charge in [-0.2, -0.15) is 0 Å². The average molecular weight is 313 g/mol. The number of thiazole rings is 1. The zero-order valence-corrected chi connectivity index (χ0v) is 11.1. The number of carbonyl (C=O) groups is 1. The Morgan fingerprint density at radius 1 is 1.47 bits per heavy atom. The molecule has 17 heavy (non-hydrogen) atoms. The van der Waals surface area contributed by atoms with Crippen LogP contribution in [0.2, 0.25) is 0 Å². The van der Waals surface area contributed by atoms with Crippen molar-refractivity contribution in [1.82, 2.24) is 4.98 Å². The minimum absolute atomic E-state index is 0.0395. The molecule has 0 spiro atoms. The van der Waals surface area contributed by atoms with Crippen molar-refractivity contribution < 1.29 is 9.53 Å². The summed E-state index contributed by atoms with van der Waals surface area (Å²) < 4.78 is 6.19. The van der Waals surface area contributed by atoms with Gasteiger partial charge in [-0.25, -0.2) is 4.98 Å². The zero-order chi connectivity index (χ0) is 12.1. The van der Waals surface area contributed by atoms with Crippen LogP contribution in [0.1, 0.15) is 0 Å². The van der Waals surface area contributed by atoms with E-state index in [0.717, 1.165) is 4.47 Å². The van der Waals surface area contributed by atoms with Gasteiger partial charge in [-0.1, -0.05) is 12.1 Å². The largest absolute Gasteiger partial charge is 0.483 e. The van der Waals surface area contributed by atoms with E-state index in [-0.39, 0.29) is 12.5 Å². The third kappa shape index (κ3) is 3.54. The van der Waals surface area contributed by atoms with Crippen molar-refractivity contribution in [1.29, 1.82) is 0 Å². The van der Waals surface area contributed by atoms with E-state index >= 15 is 0 Å². The number of rotatable bonds is 4. The van der Waals surface area contributed by atoms with Crippen molar-refractivity contribution >= 4 is 38.3 Å². The van der Waals surface area contributed by atoms with Gasteiger partial charge in [0.15, 0.2) is 11.7 Å². The first-order valence-corrected chi connectivity index (χ1v) is 6.49. The van der Waals surface area contributed by atoms with Gasteiger partial charge in [-0.15, -0.1) is 11.3 Å². The molecule has 0 saturated heterocycles. The summed E-state index contributed by atoms with van der Waals surface area (Å²) in [7, 11) is 0. The number of hydrogen-bond donors (Lipinski definition) is 1. The molecule has 0 radical (unpaired) electrons. The number of halogens is 1. The van der Waals surface area contributed by atoms with Gasteiger partial charge in [-0.05, 0) is 28.1 Å². The molecule has 0 aliphatic rings. The second-order valence-corrected chi connectivity index (χ2v) is 4.85. The maximum atomic E-state index is 11.5. The molecule has 1 heterocycles. The smallest absolute Gasteiger partial charge is 0.264 e. The highest BCUT2D eigenvalue weighted by atomic mass is 79.9. The van der Waals surface area contributed by atoms with Crippen LogP contribution in [-0.2, 0) is 4.79 Å². The lowest BCUT2D eigenvalue weighted by atomic mass is 10.3. The number of benzene rings is 1. The SMILES string of the molecule is O=C(COc1ccccc1Br)Nc1nccs1. The number of nitrogens with zero attached hydrogens (tertiary/aromatic N) is 1. The molecule has 1 aromatic heterocycles. The Hall–Kier alpha value is -1.40. The van der Waals surface area contributed by atoms with Gasteiger partial charge in [0.1, 0.15) is 5.75 Å². The van der Waals surface area contributed by atoms with E-state index in [2.05, 4.69) is 26.2 Å². The summed E-state index contributed by atoms with van der Waals surface area (Å²) in [5.41, 5.74) is 0. The van der Waals surface area contributed by atoms with Crippen LogP contribution >= 0.6 is 27.3 Å². The van der Waals surface area contributed by atoms with Crippen molar-refractivity contribution in [3.8, 4) is 5.75 Å². The van der Waals surface area contributed by atoms with Gasteiger partial charge in [0.2, 0.25) is 0 Å². The van der Waals surface area contributed by atoms with E-state index in [4.69, 9.17) is 4.74 Å². The second-order valence-electron chi connectivity index (χ2n) is 3.10. The Morgan fingerprint density at radius 2 is 2.29 bits per heavy atom. The average Bonchev–Trinajstić information content (AvgIpc) is 2.81. The van der Waals surface area contributed by atoms with Gasteiger partial charge < -0.3 is 4.74 Å². The summed E-state index contributed by atoms with van der Waals surface area (Å²) in [6.07, 6.45) is 1.63. The quantitative estimate of drug-likeness (QED) is 0.944. The Morgan fingerprint density at radius 3 is 3.00 bits per heavy atom. The lowest BCUT2D eigenvalue weighted by Gasteiger charge is -2.07. The normalized spacial score (nSPS) is 9.94. The third-order valence-corrected chi connectivity index (χ3v) is 3.22. The maximum absolute atomic E-state index is 11.5. The molecule has 0 fully saturated rings. The first-order valence-electron chi connectivity index (χ1n) is 4.82. The number of para-hydroxylation sites is 1. The second kappa shape index (κ2) is 5.79. The van der Waals surface area contributed by atoms with Crippen molar-refractivity contribution in [2.75, 3.05) is 11.9 Å². The number of aromatic nitrogens is 1. The summed E-state index contributed by atoms with van der Waals surface area (Å²) in [4.78, 5) is 15.5. The molecule has 0 unspecified atom stereocenters. The minimum Gasteiger partial charge on any atom is -0.483 e. The van der Waals surface area contributed by atoms with E-state index in [1.165, 1.54) is 11.3 Å². The predicted octanol–water partition coefficient (Wildman–Crippen LogP) is 2.92. The number of amides is 1. The van der Waals surface area contributed by atoms with Crippen molar-refractivity contribution in [3.63, 3.8) is 0 Å². The fourth-order valence-electron chi connectivity index (χ4n) is 1.15. The Kier molecular flexibility index (Phi) is 4.11. The van der Waals surface area contributed by atoms with Crippen LogP contribution in [0.3, 0.4) is 0 Å². The van der Waals surface area contributed by atoms with E-state index in [1.807, 2.05) is 18.2 Å². The standard InChI is InChI=1S/C11H9BrN2O2S/c12-8-3-1-2-4-9(8)16-7-10(15)14-11-13-5-6-17-11/h1-6H,7H2,(H,13,14,15). The summed E-state index contributed by atoms with van der Waals surface area (Å²) >= 11 is 4.71. The highest BCUT2D eigenvalue weighted by Gasteiger charge is 2.06. The molecule has 0 atom stereocenters. The van der Waals surface area contributed by atoms with Gasteiger partial charge in [0.05, 0.1) is 4.47 Å². The topological polar surface area (TPSA) is 51.2 Å². The van der Waals surface area contributed by atoms with Crippen LogP contribution < -0.4 is 10.1 Å². The molecule has 0 aliphatic carbocycles. The molecule has 1 aromatic carbocycles. The van der Waals surface area contributed by atoms with Crippen LogP contribution in [0.5, 0.6) is 5.75 Å². The van der Waals surface area contributed by atoms with Crippen molar-refractivity contribution in [2.45, 2.75) is 0 Å². The molecule has 0 aliphatic heterocycles. The van der Waals surface area contributed by atoms with E-state index in [1.54, 1.807) is 17.6 Å². The fraction of sp³-hybridized carbons (Fsp3) is 0.0909. The summed E-state index contributed by atoms with van der Waals surface area (Å²) in [6, 6.07) is 7.38. The zero-order valence-electron chi connectivity index (χ0n) is 8.72. The highest BCUT2D eigenvalue weighted by Crippen LogP contribution is 2.23. The van der Waals surface area contributed by atoms with Crippen LogP contribution in [-0.4, -0.2) is 17.5 Å². The van der Waals surface area contributed by atoms with Crippen LogP contribution in [0.15, 0.2) is 40.3 Å². The summed E-state index contributed by atoms with van der Waals surface area (Å²) in [5.74, 6) is 0.414. The molecule has 1 amide bonds. The number of nitrogens with one attached hydrogen (secondary N) is 1. The number of carbonyl (C=O) groups excluding carboxylic acids is 1. The Labute approximate surface area is 111 Å². The lowest BCUT2D eigenvalue weighted by molar-refractivity contribution is -0.118. The van der Waals surface area contributed by atoms with E-state index in [9.17, 15) is 4.79 Å². The van der Waals surface area contributed by atoms with Gasteiger partial charge >= 0.3 is 0 Å². The van der Waals surface area contributed by atoms with Crippen molar-refractivity contribution in [2.24, 2.45) is 0 Å². The first kappa shape index (κ1) is 12.1. The minimum atomic E-state index is -0.226. The van der Waals surface area contributed by atoms with Gasteiger partial charge in [-0.3, -0.25) is 10.1 Å². The number of anilines is 1. The molecular formula is C11H9BrN2O2S. The first-order chi connectivity index (χ1) is 8.25. The van der Waals surface area contributed by atoms with Crippen LogP contribution in [0.25, 0.3) is 0 Å². The molecule has 0 saturated carbocycles. The molecule has 88 valence electrons. The number of hydrogen-bond acceptors (Lipinski definition) is 4. The molecule has 0 bridgehead atoms. The fourth-order valence-corrected chi connectivity index (χ4v) is 2.09. The molecule has 2 rings (SSSR count). The predicted molar refractivity (Wildman–Crippen MR) is 70.4 cm³/mol. The number of ether oxygens (including phenoxy) is 1. The molecular weight excluding hydrogens is 304 g/mol. The van der Waals surface area contributed by atoms with E-state index in [0.29, 0.717) is 10.9 Å². The molecule has 1 N–H and O–H groups in total. The monoisotopic (exact) mass is 312 g/mol. The highest BCUT2D eigenvalue weighted by molar-refractivity contribution is 9.10. The Balaban J connectivity index is 1.86.